The second kappa shape index (κ2) is 6.78. The molecule has 1 unspecified atom stereocenters. The number of amides is 1. The first-order valence-corrected chi connectivity index (χ1v) is 9.06. The van der Waals surface area contributed by atoms with Crippen LogP contribution in [-0.2, 0) is 4.74 Å². The van der Waals surface area contributed by atoms with Crippen LogP contribution >= 0.6 is 0 Å². The zero-order chi connectivity index (χ0) is 19.9. The summed E-state index contributed by atoms with van der Waals surface area (Å²) < 4.78 is 18.8. The topological polar surface area (TPSA) is 83.0 Å². The van der Waals surface area contributed by atoms with Gasteiger partial charge in [-0.05, 0) is 49.2 Å². The van der Waals surface area contributed by atoms with Crippen LogP contribution in [0.15, 0.2) is 36.4 Å². The number of ether oxygens (including phenoxy) is 1. The normalized spacial score (nSPS) is 21.9. The largest absolute Gasteiger partial charge is 0.478 e. The molecule has 3 heterocycles. The first-order valence-electron chi connectivity index (χ1n) is 9.06. The molecule has 2 saturated heterocycles. The Morgan fingerprint density at radius 1 is 1.21 bits per heavy atom. The first kappa shape index (κ1) is 18.2. The van der Waals surface area contributed by atoms with Crippen LogP contribution in [0.1, 0.15) is 23.2 Å². The smallest absolute Gasteiger partial charge is 0.410 e. The average Bonchev–Trinajstić information content (AvgIpc) is 2.94. The minimum atomic E-state index is -1.08. The number of hydrogen-bond donors (Lipinski definition) is 1. The number of aromatic carboxylic acids is 1. The number of nitrogens with zero attached hydrogens (tertiary/aromatic N) is 3. The number of aromatic nitrogens is 1. The lowest BCUT2D eigenvalue weighted by molar-refractivity contribution is 0.0442. The van der Waals surface area contributed by atoms with Crippen molar-refractivity contribution in [3.8, 4) is 11.3 Å². The molecule has 1 spiro atoms. The molecule has 4 rings (SSSR count). The van der Waals surface area contributed by atoms with E-state index in [1.165, 1.54) is 23.1 Å². The summed E-state index contributed by atoms with van der Waals surface area (Å²) in [6.07, 6.45) is 1.11. The van der Waals surface area contributed by atoms with Crippen LogP contribution in [0.25, 0.3) is 11.3 Å². The van der Waals surface area contributed by atoms with Crippen LogP contribution in [0, 0.1) is 5.82 Å². The molecule has 0 radical (unpaired) electrons. The third-order valence-electron chi connectivity index (χ3n) is 5.23. The maximum absolute atomic E-state index is 13.2. The van der Waals surface area contributed by atoms with Gasteiger partial charge in [-0.3, -0.25) is 0 Å². The predicted molar refractivity (Wildman–Crippen MR) is 99.9 cm³/mol. The van der Waals surface area contributed by atoms with E-state index in [0.717, 1.165) is 12.8 Å². The molecule has 1 aromatic heterocycles. The van der Waals surface area contributed by atoms with Gasteiger partial charge in [-0.2, -0.15) is 0 Å². The van der Waals surface area contributed by atoms with E-state index in [1.54, 1.807) is 25.2 Å². The number of benzene rings is 1. The summed E-state index contributed by atoms with van der Waals surface area (Å²) in [6, 6.07) is 9.01. The zero-order valence-corrected chi connectivity index (χ0v) is 15.4. The second-order valence-corrected chi connectivity index (χ2v) is 7.31. The molecule has 2 aliphatic heterocycles. The highest BCUT2D eigenvalue weighted by Crippen LogP contribution is 2.35. The zero-order valence-electron chi connectivity index (χ0n) is 15.4. The molecule has 8 heteroatoms. The van der Waals surface area contributed by atoms with Gasteiger partial charge in [0.25, 0.3) is 0 Å². The van der Waals surface area contributed by atoms with Gasteiger partial charge in [0.15, 0.2) is 0 Å². The minimum Gasteiger partial charge on any atom is -0.478 e. The van der Waals surface area contributed by atoms with Crippen LogP contribution in [0.2, 0.25) is 0 Å². The second-order valence-electron chi connectivity index (χ2n) is 7.31. The van der Waals surface area contributed by atoms with Crippen molar-refractivity contribution in [3.63, 3.8) is 0 Å². The number of rotatable bonds is 3. The van der Waals surface area contributed by atoms with E-state index in [4.69, 9.17) is 4.74 Å². The number of halogens is 1. The van der Waals surface area contributed by atoms with Crippen molar-refractivity contribution < 1.29 is 23.8 Å². The Kier molecular flexibility index (Phi) is 4.41. The quantitative estimate of drug-likeness (QED) is 0.875. The Morgan fingerprint density at radius 3 is 2.61 bits per heavy atom. The number of carboxylic acids is 1. The van der Waals surface area contributed by atoms with Gasteiger partial charge >= 0.3 is 12.1 Å². The van der Waals surface area contributed by atoms with E-state index >= 15 is 0 Å². The summed E-state index contributed by atoms with van der Waals surface area (Å²) in [5, 5.41) is 9.63. The van der Waals surface area contributed by atoms with E-state index in [1.807, 2.05) is 4.90 Å². The van der Waals surface area contributed by atoms with Gasteiger partial charge in [-0.15, -0.1) is 0 Å². The van der Waals surface area contributed by atoms with E-state index < -0.39 is 11.6 Å². The lowest BCUT2D eigenvalue weighted by Gasteiger charge is -2.39. The molecule has 0 saturated carbocycles. The number of likely N-dealkylation sites (N-methyl/N-ethyl adjacent to an activating group) is 1. The maximum Gasteiger partial charge on any atom is 0.410 e. The van der Waals surface area contributed by atoms with Crippen molar-refractivity contribution in [1.29, 1.82) is 0 Å². The highest BCUT2D eigenvalue weighted by Gasteiger charge is 2.47. The number of carboxylic acid groups (broad SMARTS) is 1. The Balaban J connectivity index is 1.70. The number of carbonyl (C=O) groups is 2. The highest BCUT2D eigenvalue weighted by molar-refractivity contribution is 5.94. The fraction of sp³-hybridized carbons (Fsp3) is 0.350. The molecule has 2 aromatic rings. The highest BCUT2D eigenvalue weighted by atomic mass is 19.1. The summed E-state index contributed by atoms with van der Waals surface area (Å²) in [6.45, 7) is 1.45. The molecule has 0 bridgehead atoms. The Labute approximate surface area is 161 Å². The first-order chi connectivity index (χ1) is 13.4. The van der Waals surface area contributed by atoms with Crippen molar-refractivity contribution in [2.45, 2.75) is 18.4 Å². The molecule has 1 aromatic carbocycles. The van der Waals surface area contributed by atoms with Crippen molar-refractivity contribution in [1.82, 2.24) is 9.88 Å². The van der Waals surface area contributed by atoms with Crippen LogP contribution in [0.3, 0.4) is 0 Å². The molecule has 1 atom stereocenters. The van der Waals surface area contributed by atoms with Gasteiger partial charge in [0.2, 0.25) is 0 Å². The maximum atomic E-state index is 13.2. The summed E-state index contributed by atoms with van der Waals surface area (Å²) in [5.74, 6) is -1.09. The van der Waals surface area contributed by atoms with Gasteiger partial charge in [0.05, 0.1) is 18.8 Å². The van der Waals surface area contributed by atoms with Crippen LogP contribution in [-0.4, -0.2) is 59.3 Å². The average molecular weight is 385 g/mol. The molecule has 2 aliphatic rings. The van der Waals surface area contributed by atoms with Gasteiger partial charge in [0.1, 0.15) is 22.8 Å². The van der Waals surface area contributed by atoms with Crippen LogP contribution < -0.4 is 4.90 Å². The fourth-order valence-corrected chi connectivity index (χ4v) is 3.92. The molecule has 1 N–H and O–H groups in total. The van der Waals surface area contributed by atoms with E-state index in [9.17, 15) is 19.1 Å². The number of anilines is 1. The van der Waals surface area contributed by atoms with Gasteiger partial charge < -0.3 is 19.6 Å². The summed E-state index contributed by atoms with van der Waals surface area (Å²) in [5.41, 5.74) is 0.673. The lowest BCUT2D eigenvalue weighted by atomic mass is 9.92. The number of carbonyl (C=O) groups excluding carboxylic acids is 1. The molecule has 7 nitrogen and oxygen atoms in total. The summed E-state index contributed by atoms with van der Waals surface area (Å²) in [7, 11) is 1.69. The number of pyridine rings is 1. The SMILES string of the molecule is CN1CC2(CCCN(c3nc(-c4ccc(F)cc4)ccc3C(=O)O)C2)OC1=O. The standard InChI is InChI=1S/C20H20FN3O4/c1-23-11-20(28-19(23)27)9-2-10-24(12-20)17-15(18(25)26)7-8-16(22-17)13-3-5-14(21)6-4-13/h3-8H,2,9-12H2,1H3,(H,25,26). The summed E-state index contributed by atoms with van der Waals surface area (Å²) in [4.78, 5) is 31.6. The molecule has 1 amide bonds. The minimum absolute atomic E-state index is 0.0839. The lowest BCUT2D eigenvalue weighted by Crippen LogP contribution is -2.51. The predicted octanol–water partition coefficient (Wildman–Crippen LogP) is 3.01. The number of piperidine rings is 1. The number of hydrogen-bond acceptors (Lipinski definition) is 5. The fourth-order valence-electron chi connectivity index (χ4n) is 3.92. The Hall–Kier alpha value is -3.16. The van der Waals surface area contributed by atoms with E-state index in [0.29, 0.717) is 36.7 Å². The van der Waals surface area contributed by atoms with E-state index in [-0.39, 0.29) is 17.5 Å². The molecule has 146 valence electrons. The van der Waals surface area contributed by atoms with Crippen LogP contribution in [0.5, 0.6) is 0 Å². The van der Waals surface area contributed by atoms with Crippen molar-refractivity contribution >= 4 is 17.9 Å². The van der Waals surface area contributed by atoms with Gasteiger partial charge in [0, 0.05) is 19.2 Å². The third kappa shape index (κ3) is 3.26. The van der Waals surface area contributed by atoms with Gasteiger partial charge in [-0.25, -0.2) is 19.0 Å². The van der Waals surface area contributed by atoms with Crippen LogP contribution in [0.4, 0.5) is 15.0 Å². The molecule has 0 aliphatic carbocycles. The summed E-state index contributed by atoms with van der Waals surface area (Å²) >= 11 is 0. The third-order valence-corrected chi connectivity index (χ3v) is 5.23. The molecular weight excluding hydrogens is 365 g/mol. The van der Waals surface area contributed by atoms with Crippen molar-refractivity contribution in [2.75, 3.05) is 31.6 Å². The van der Waals surface area contributed by atoms with Gasteiger partial charge in [-0.1, -0.05) is 0 Å². The monoisotopic (exact) mass is 385 g/mol. The van der Waals surface area contributed by atoms with Crippen molar-refractivity contribution in [2.24, 2.45) is 0 Å². The molecule has 2 fully saturated rings. The Bertz CT molecular complexity index is 934. The molecule has 28 heavy (non-hydrogen) atoms. The Morgan fingerprint density at radius 2 is 1.96 bits per heavy atom. The van der Waals surface area contributed by atoms with Crippen molar-refractivity contribution in [3.05, 3.63) is 47.8 Å². The molecular formula is C20H20FN3O4. The van der Waals surface area contributed by atoms with E-state index in [2.05, 4.69) is 4.98 Å².